The van der Waals surface area contributed by atoms with E-state index in [1.807, 2.05) is 30.3 Å². The van der Waals surface area contributed by atoms with E-state index in [-0.39, 0.29) is 24.0 Å². The van der Waals surface area contributed by atoms with Gasteiger partial charge in [-0.25, -0.2) is 4.98 Å². The molecule has 4 nitrogen and oxygen atoms in total. The molecule has 0 saturated heterocycles. The highest BCUT2D eigenvalue weighted by Gasteiger charge is 1.99. The van der Waals surface area contributed by atoms with Crippen molar-refractivity contribution in [2.45, 2.75) is 12.8 Å². The van der Waals surface area contributed by atoms with Gasteiger partial charge in [-0.15, -0.1) is 24.0 Å². The molecule has 0 spiro atoms. The first-order valence-corrected chi connectivity index (χ1v) is 8.22. The summed E-state index contributed by atoms with van der Waals surface area (Å²) in [6.07, 6.45) is 3.57. The van der Waals surface area contributed by atoms with Gasteiger partial charge in [0.1, 0.15) is 5.15 Å². The molecule has 0 aliphatic rings. The molecular formula is C17H21Cl2IN4. The Balaban J connectivity index is 0.00000288. The van der Waals surface area contributed by atoms with Crippen LogP contribution in [0.2, 0.25) is 10.2 Å². The summed E-state index contributed by atoms with van der Waals surface area (Å²) in [7, 11) is 1.77. The second kappa shape index (κ2) is 11.5. The van der Waals surface area contributed by atoms with Gasteiger partial charge in [0.05, 0.1) is 0 Å². The van der Waals surface area contributed by atoms with Gasteiger partial charge < -0.3 is 10.6 Å². The number of aromatic nitrogens is 1. The van der Waals surface area contributed by atoms with E-state index in [0.29, 0.717) is 5.15 Å². The predicted octanol–water partition coefficient (Wildman–Crippen LogP) is 3.96. The normalized spacial score (nSPS) is 10.9. The molecule has 0 amide bonds. The van der Waals surface area contributed by atoms with Gasteiger partial charge in [-0.05, 0) is 42.2 Å². The van der Waals surface area contributed by atoms with Gasteiger partial charge in [0, 0.05) is 31.4 Å². The topological polar surface area (TPSA) is 49.3 Å². The Labute approximate surface area is 170 Å². The number of halogens is 3. The maximum Gasteiger partial charge on any atom is 0.190 e. The summed E-state index contributed by atoms with van der Waals surface area (Å²) in [6.45, 7) is 1.59. The van der Waals surface area contributed by atoms with Gasteiger partial charge >= 0.3 is 0 Å². The Hall–Kier alpha value is -1.05. The van der Waals surface area contributed by atoms with Gasteiger partial charge in [0.2, 0.25) is 0 Å². The lowest BCUT2D eigenvalue weighted by Crippen LogP contribution is -2.39. The molecule has 2 rings (SSSR count). The zero-order valence-electron chi connectivity index (χ0n) is 13.4. The van der Waals surface area contributed by atoms with E-state index in [9.17, 15) is 0 Å². The lowest BCUT2D eigenvalue weighted by molar-refractivity contribution is 0.783. The van der Waals surface area contributed by atoms with Crippen molar-refractivity contribution in [2.75, 3.05) is 20.1 Å². The molecule has 0 atom stereocenters. The largest absolute Gasteiger partial charge is 0.356 e. The number of benzene rings is 1. The van der Waals surface area contributed by atoms with Crippen molar-refractivity contribution in [3.63, 3.8) is 0 Å². The molecule has 1 heterocycles. The molecule has 0 saturated carbocycles. The fraction of sp³-hybridized carbons (Fsp3) is 0.294. The van der Waals surface area contributed by atoms with Crippen molar-refractivity contribution in [3.05, 3.63) is 63.9 Å². The van der Waals surface area contributed by atoms with Crippen LogP contribution in [0.3, 0.4) is 0 Å². The summed E-state index contributed by atoms with van der Waals surface area (Å²) in [5, 5.41) is 7.86. The van der Waals surface area contributed by atoms with E-state index >= 15 is 0 Å². The van der Waals surface area contributed by atoms with Crippen LogP contribution in [-0.4, -0.2) is 31.1 Å². The molecule has 0 fully saturated rings. The zero-order valence-corrected chi connectivity index (χ0v) is 17.3. The minimum atomic E-state index is 0. The highest BCUT2D eigenvalue weighted by Crippen LogP contribution is 2.09. The molecule has 0 aliphatic heterocycles. The third-order valence-electron chi connectivity index (χ3n) is 3.34. The summed E-state index contributed by atoms with van der Waals surface area (Å²) in [6, 6.07) is 11.7. The van der Waals surface area contributed by atoms with Crippen molar-refractivity contribution < 1.29 is 0 Å². The summed E-state index contributed by atoms with van der Waals surface area (Å²) >= 11 is 11.7. The number of pyridine rings is 1. The van der Waals surface area contributed by atoms with E-state index in [4.69, 9.17) is 23.2 Å². The first-order chi connectivity index (χ1) is 11.2. The molecule has 2 N–H and O–H groups in total. The number of rotatable bonds is 6. The van der Waals surface area contributed by atoms with Crippen molar-refractivity contribution in [1.82, 2.24) is 15.6 Å². The monoisotopic (exact) mass is 478 g/mol. The Morgan fingerprint density at radius 3 is 2.08 bits per heavy atom. The maximum atomic E-state index is 5.88. The van der Waals surface area contributed by atoms with Crippen molar-refractivity contribution in [3.8, 4) is 0 Å². The van der Waals surface area contributed by atoms with E-state index in [1.54, 1.807) is 19.3 Å². The Morgan fingerprint density at radius 2 is 1.54 bits per heavy atom. The molecule has 2 aromatic rings. The SMILES string of the molecule is CN=C(NCCc1ccc(Cl)cc1)NCCc1ccc(Cl)nc1.I. The van der Waals surface area contributed by atoms with Crippen molar-refractivity contribution in [2.24, 2.45) is 4.99 Å². The molecule has 1 aromatic heterocycles. The molecule has 1 aromatic carbocycles. The Bertz CT molecular complexity index is 577. The minimum Gasteiger partial charge on any atom is -0.356 e. The number of hydrogen-bond acceptors (Lipinski definition) is 2. The van der Waals surface area contributed by atoms with Crippen LogP contribution in [0.15, 0.2) is 47.6 Å². The van der Waals surface area contributed by atoms with Gasteiger partial charge in [0.15, 0.2) is 5.96 Å². The highest BCUT2D eigenvalue weighted by molar-refractivity contribution is 14.0. The van der Waals surface area contributed by atoms with Crippen LogP contribution < -0.4 is 10.6 Å². The zero-order chi connectivity index (χ0) is 16.5. The number of nitrogens with zero attached hydrogens (tertiary/aromatic N) is 2. The highest BCUT2D eigenvalue weighted by atomic mass is 127. The smallest absolute Gasteiger partial charge is 0.190 e. The minimum absolute atomic E-state index is 0. The molecule has 130 valence electrons. The second-order valence-electron chi connectivity index (χ2n) is 5.04. The summed E-state index contributed by atoms with van der Waals surface area (Å²) in [5.41, 5.74) is 2.38. The van der Waals surface area contributed by atoms with Gasteiger partial charge in [-0.3, -0.25) is 4.99 Å². The van der Waals surface area contributed by atoms with E-state index in [2.05, 4.69) is 20.6 Å². The van der Waals surface area contributed by atoms with Crippen LogP contribution >= 0.6 is 47.2 Å². The molecule has 0 radical (unpaired) electrons. The fourth-order valence-corrected chi connectivity index (χ4v) is 2.31. The molecule has 0 unspecified atom stereocenters. The average molecular weight is 479 g/mol. The predicted molar refractivity (Wildman–Crippen MR) is 113 cm³/mol. The molecule has 0 bridgehead atoms. The van der Waals surface area contributed by atoms with Crippen LogP contribution in [0.5, 0.6) is 0 Å². The first-order valence-electron chi connectivity index (χ1n) is 7.47. The molecule has 0 aliphatic carbocycles. The van der Waals surface area contributed by atoms with Gasteiger partial charge in [-0.2, -0.15) is 0 Å². The average Bonchev–Trinajstić information content (AvgIpc) is 2.57. The van der Waals surface area contributed by atoms with Crippen LogP contribution in [0.25, 0.3) is 0 Å². The summed E-state index contributed by atoms with van der Waals surface area (Å²) < 4.78 is 0. The van der Waals surface area contributed by atoms with Crippen LogP contribution in [-0.2, 0) is 12.8 Å². The third-order valence-corrected chi connectivity index (χ3v) is 3.81. The van der Waals surface area contributed by atoms with Crippen molar-refractivity contribution in [1.29, 1.82) is 0 Å². The standard InChI is InChI=1S/C17H20Cl2N4.HI/c1-20-17(21-10-8-13-2-5-15(18)6-3-13)22-11-9-14-4-7-16(19)23-12-14;/h2-7,12H,8-11H2,1H3,(H2,20,21,22);1H. The van der Waals surface area contributed by atoms with E-state index in [0.717, 1.165) is 42.5 Å². The number of hydrogen-bond donors (Lipinski definition) is 2. The van der Waals surface area contributed by atoms with Gasteiger partial charge in [0.25, 0.3) is 0 Å². The molecule has 24 heavy (non-hydrogen) atoms. The third kappa shape index (κ3) is 7.68. The Morgan fingerprint density at radius 1 is 0.958 bits per heavy atom. The lowest BCUT2D eigenvalue weighted by Gasteiger charge is -2.12. The number of guanidine groups is 1. The van der Waals surface area contributed by atoms with E-state index in [1.165, 1.54) is 5.56 Å². The molecular weight excluding hydrogens is 458 g/mol. The lowest BCUT2D eigenvalue weighted by atomic mass is 10.1. The number of aliphatic imine (C=N–C) groups is 1. The second-order valence-corrected chi connectivity index (χ2v) is 5.87. The van der Waals surface area contributed by atoms with Crippen molar-refractivity contribution >= 4 is 53.1 Å². The maximum absolute atomic E-state index is 5.88. The Kier molecular flexibility index (Phi) is 10.1. The quantitative estimate of drug-likeness (QED) is 0.286. The van der Waals surface area contributed by atoms with Gasteiger partial charge in [-0.1, -0.05) is 41.4 Å². The summed E-state index contributed by atoms with van der Waals surface area (Å²) in [4.78, 5) is 8.28. The van der Waals surface area contributed by atoms with E-state index < -0.39 is 0 Å². The van der Waals surface area contributed by atoms with Crippen LogP contribution in [0.4, 0.5) is 0 Å². The molecule has 7 heteroatoms. The fourth-order valence-electron chi connectivity index (χ4n) is 2.08. The summed E-state index contributed by atoms with van der Waals surface area (Å²) in [5.74, 6) is 0.792. The number of nitrogens with one attached hydrogen (secondary N) is 2. The van der Waals surface area contributed by atoms with Crippen LogP contribution in [0.1, 0.15) is 11.1 Å². The van der Waals surface area contributed by atoms with Crippen LogP contribution in [0, 0.1) is 0 Å². The first kappa shape index (κ1) is 21.0.